The Kier molecular flexibility index (Phi) is 6.25. The average Bonchev–Trinajstić information content (AvgIpc) is 3.71. The highest BCUT2D eigenvalue weighted by Gasteiger charge is 2.36. The minimum atomic E-state index is -4.53. The maximum Gasteiger partial charge on any atom is 0.434 e. The summed E-state index contributed by atoms with van der Waals surface area (Å²) in [5.74, 6) is 1.33. The van der Waals surface area contributed by atoms with Crippen LogP contribution in [-0.2, 0) is 31.0 Å². The highest BCUT2D eigenvalue weighted by Crippen LogP contribution is 2.45. The number of nitrogens with zero attached hydrogens (tertiary/aromatic N) is 7. The number of benzene rings is 1. The molecule has 3 aromatic heterocycles. The number of carbonyl (C=O) groups excluding carboxylic acids is 1. The molecule has 206 valence electrons. The Morgan fingerprint density at radius 3 is 2.50 bits per heavy atom. The van der Waals surface area contributed by atoms with E-state index >= 15 is 0 Å². The van der Waals surface area contributed by atoms with Crippen molar-refractivity contribution >= 4 is 11.7 Å². The molecule has 1 amide bonds. The Balaban J connectivity index is 1.33. The van der Waals surface area contributed by atoms with Crippen molar-refractivity contribution in [2.45, 2.75) is 43.9 Å². The van der Waals surface area contributed by atoms with Crippen molar-refractivity contribution in [2.24, 2.45) is 12.8 Å². The summed E-state index contributed by atoms with van der Waals surface area (Å²) in [5, 5.41) is 0. The molecule has 1 aliphatic heterocycles. The normalized spacial score (nSPS) is 17.2. The number of fused-ring (bicyclic) bond motifs is 1. The van der Waals surface area contributed by atoms with Gasteiger partial charge in [0.05, 0.1) is 25.4 Å². The van der Waals surface area contributed by atoms with Crippen LogP contribution in [0.5, 0.6) is 5.88 Å². The summed E-state index contributed by atoms with van der Waals surface area (Å²) in [5.41, 5.74) is 8.61. The van der Waals surface area contributed by atoms with Crippen LogP contribution in [0.15, 0.2) is 43.0 Å². The van der Waals surface area contributed by atoms with Gasteiger partial charge in [0.15, 0.2) is 11.5 Å². The highest BCUT2D eigenvalue weighted by molar-refractivity contribution is 5.99. The second-order valence-corrected chi connectivity index (χ2v) is 9.95. The lowest BCUT2D eigenvalue weighted by atomic mass is 10.0. The van der Waals surface area contributed by atoms with E-state index in [0.717, 1.165) is 35.9 Å². The number of aromatic nitrogens is 6. The minimum absolute atomic E-state index is 0.155. The van der Waals surface area contributed by atoms with Gasteiger partial charge in [-0.3, -0.25) is 9.69 Å². The molecule has 2 N–H and O–H groups in total. The monoisotopic (exact) mass is 550 g/mol. The zero-order chi connectivity index (χ0) is 28.2. The lowest BCUT2D eigenvalue weighted by Gasteiger charge is -2.31. The largest absolute Gasteiger partial charge is 0.480 e. The molecule has 0 spiro atoms. The van der Waals surface area contributed by atoms with Crippen LogP contribution in [0.1, 0.15) is 41.3 Å². The molecule has 1 atom stereocenters. The Morgan fingerprint density at radius 2 is 1.85 bits per heavy atom. The first-order valence-corrected chi connectivity index (χ1v) is 12.7. The number of ether oxygens (including phenoxy) is 1. The van der Waals surface area contributed by atoms with Crippen LogP contribution < -0.4 is 15.4 Å². The maximum absolute atomic E-state index is 13.2. The number of aryl methyl sites for hydroxylation is 1. The zero-order valence-electron chi connectivity index (χ0n) is 21.7. The molecule has 1 aliphatic carbocycles. The first-order valence-electron chi connectivity index (χ1n) is 12.7. The Hall–Kier alpha value is -4.39. The molecule has 1 saturated carbocycles. The van der Waals surface area contributed by atoms with E-state index in [0.29, 0.717) is 35.1 Å². The number of halogens is 3. The van der Waals surface area contributed by atoms with Crippen molar-refractivity contribution in [2.75, 3.05) is 12.0 Å². The lowest BCUT2D eigenvalue weighted by Crippen LogP contribution is -2.49. The minimum Gasteiger partial charge on any atom is -0.480 e. The Morgan fingerprint density at radius 1 is 1.10 bits per heavy atom. The Labute approximate surface area is 227 Å². The first kappa shape index (κ1) is 25.9. The highest BCUT2D eigenvalue weighted by atomic mass is 19.4. The quantitative estimate of drug-likeness (QED) is 0.386. The van der Waals surface area contributed by atoms with E-state index in [1.54, 1.807) is 30.5 Å². The maximum atomic E-state index is 13.2. The molecular weight excluding hydrogens is 525 g/mol. The number of hydrogen-bond acceptors (Lipinski definition) is 8. The van der Waals surface area contributed by atoms with Crippen molar-refractivity contribution in [3.05, 3.63) is 65.5 Å². The van der Waals surface area contributed by atoms with E-state index in [4.69, 9.17) is 15.5 Å². The third-order valence-corrected chi connectivity index (χ3v) is 7.06. The van der Waals surface area contributed by atoms with Crippen molar-refractivity contribution in [1.82, 2.24) is 29.5 Å². The summed E-state index contributed by atoms with van der Waals surface area (Å²) in [6.45, 7) is 0.155. The molecule has 0 bridgehead atoms. The molecular formula is C27H25F3N8O2. The van der Waals surface area contributed by atoms with Gasteiger partial charge in [-0.15, -0.1) is 0 Å². The number of methoxy groups -OCH3 is 1. The number of rotatable bonds is 6. The van der Waals surface area contributed by atoms with Gasteiger partial charge in [-0.2, -0.15) is 13.2 Å². The van der Waals surface area contributed by atoms with Crippen LogP contribution in [-0.4, -0.2) is 48.5 Å². The second-order valence-electron chi connectivity index (χ2n) is 9.95. The summed E-state index contributed by atoms with van der Waals surface area (Å²) in [4.78, 5) is 36.6. The van der Waals surface area contributed by atoms with Gasteiger partial charge < -0.3 is 15.0 Å². The molecule has 4 aromatic rings. The van der Waals surface area contributed by atoms with Gasteiger partial charge in [0.1, 0.15) is 23.5 Å². The van der Waals surface area contributed by atoms with Crippen LogP contribution >= 0.6 is 0 Å². The predicted octanol–water partition coefficient (Wildman–Crippen LogP) is 3.66. The van der Waals surface area contributed by atoms with Gasteiger partial charge in [-0.25, -0.2) is 24.9 Å². The van der Waals surface area contributed by atoms with Gasteiger partial charge in [-0.05, 0) is 18.4 Å². The molecule has 13 heteroatoms. The topological polar surface area (TPSA) is 125 Å². The third-order valence-electron chi connectivity index (χ3n) is 7.06. The van der Waals surface area contributed by atoms with Crippen LogP contribution in [0.4, 0.5) is 19.0 Å². The number of alkyl halides is 3. The average molecular weight is 551 g/mol. The van der Waals surface area contributed by atoms with Gasteiger partial charge in [-0.1, -0.05) is 24.3 Å². The van der Waals surface area contributed by atoms with E-state index in [9.17, 15) is 18.0 Å². The SMILES string of the molecule is COc1ncnc(C2CC2)c1-c1ncc2c(n1)N(Cc1ccc(-c3nc(C(F)(F)F)cn3C)cc1)C(=O)C(N)C2. The molecule has 0 saturated heterocycles. The molecule has 40 heavy (non-hydrogen) atoms. The number of hydrogen-bond donors (Lipinski definition) is 1. The van der Waals surface area contributed by atoms with Crippen LogP contribution in [0.3, 0.4) is 0 Å². The summed E-state index contributed by atoms with van der Waals surface area (Å²) >= 11 is 0. The summed E-state index contributed by atoms with van der Waals surface area (Å²) in [6, 6.07) is 6.07. The fraction of sp³-hybridized carbons (Fsp3) is 0.333. The fourth-order valence-electron chi connectivity index (χ4n) is 4.90. The van der Waals surface area contributed by atoms with Crippen molar-refractivity contribution in [3.8, 4) is 28.7 Å². The molecule has 4 heterocycles. The number of amides is 1. The molecule has 2 aliphatic rings. The van der Waals surface area contributed by atoms with Crippen LogP contribution in [0.25, 0.3) is 22.8 Å². The molecule has 10 nitrogen and oxygen atoms in total. The van der Waals surface area contributed by atoms with Crippen LogP contribution in [0, 0.1) is 0 Å². The molecule has 1 aromatic carbocycles. The number of imidazole rings is 1. The molecule has 0 radical (unpaired) electrons. The molecule has 1 unspecified atom stereocenters. The lowest BCUT2D eigenvalue weighted by molar-refractivity contribution is -0.140. The van der Waals surface area contributed by atoms with Crippen molar-refractivity contribution in [3.63, 3.8) is 0 Å². The van der Waals surface area contributed by atoms with E-state index in [2.05, 4.69) is 19.9 Å². The summed E-state index contributed by atoms with van der Waals surface area (Å²) in [6.07, 6.45) is 1.85. The van der Waals surface area contributed by atoms with Crippen molar-refractivity contribution in [1.29, 1.82) is 0 Å². The van der Waals surface area contributed by atoms with Crippen molar-refractivity contribution < 1.29 is 22.7 Å². The smallest absolute Gasteiger partial charge is 0.434 e. The standard InChI is InChI=1S/C27H25F3N8O2/c1-37-12-19(27(28,29)30)35-23(37)16-5-3-14(4-6-16)11-38-24-17(9-18(31)26(38)39)10-32-22(36-24)20-21(15-7-8-15)33-13-34-25(20)40-2/h3-6,10,12-13,15,18H,7-9,11,31H2,1-2H3. The summed E-state index contributed by atoms with van der Waals surface area (Å²) in [7, 11) is 3.03. The van der Waals surface area contributed by atoms with Crippen LogP contribution in [0.2, 0.25) is 0 Å². The number of nitrogens with two attached hydrogens (primary N) is 1. The summed E-state index contributed by atoms with van der Waals surface area (Å²) < 4.78 is 46.1. The zero-order valence-corrected chi connectivity index (χ0v) is 21.7. The van der Waals surface area contributed by atoms with Gasteiger partial charge in [0, 0.05) is 42.9 Å². The number of carbonyl (C=O) groups is 1. The van der Waals surface area contributed by atoms with E-state index in [1.165, 1.54) is 30.0 Å². The van der Waals surface area contributed by atoms with E-state index in [-0.39, 0.29) is 24.2 Å². The second kappa shape index (κ2) is 9.66. The van der Waals surface area contributed by atoms with Gasteiger partial charge >= 0.3 is 6.18 Å². The molecule has 1 fully saturated rings. The first-order chi connectivity index (χ1) is 19.1. The molecule has 6 rings (SSSR count). The number of anilines is 1. The van der Waals surface area contributed by atoms with Gasteiger partial charge in [0.25, 0.3) is 0 Å². The van der Waals surface area contributed by atoms with Gasteiger partial charge in [0.2, 0.25) is 11.8 Å². The van der Waals surface area contributed by atoms with E-state index < -0.39 is 17.9 Å². The van der Waals surface area contributed by atoms with E-state index in [1.807, 2.05) is 0 Å². The predicted molar refractivity (Wildman–Crippen MR) is 138 cm³/mol. The fourth-order valence-corrected chi connectivity index (χ4v) is 4.90. The third kappa shape index (κ3) is 4.66. The Bertz CT molecular complexity index is 1600.